The summed E-state index contributed by atoms with van der Waals surface area (Å²) >= 11 is 0. The molecule has 0 aliphatic heterocycles. The molecule has 0 atom stereocenters. The number of alkyl halides is 3. The van der Waals surface area contributed by atoms with Crippen LogP contribution in [0.4, 0.5) is 29.5 Å². The van der Waals surface area contributed by atoms with Crippen molar-refractivity contribution in [1.82, 2.24) is 15.3 Å². The first-order valence-corrected chi connectivity index (χ1v) is 10.4. The lowest BCUT2D eigenvalue weighted by Crippen LogP contribution is -2.41. The number of hydrogen-bond donors (Lipinski definition) is 4. The molecular weight excluding hydrogens is 443 g/mol. The molecule has 12 heteroatoms. The van der Waals surface area contributed by atoms with Crippen LogP contribution in [0.5, 0.6) is 11.6 Å². The molecule has 1 aliphatic carbocycles. The van der Waals surface area contributed by atoms with Crippen LogP contribution >= 0.6 is 0 Å². The fraction of sp³-hybridized carbons (Fsp3) is 0.476. The number of aliphatic hydroxyl groups is 1. The molecule has 1 aromatic heterocycles. The predicted octanol–water partition coefficient (Wildman–Crippen LogP) is 3.55. The van der Waals surface area contributed by atoms with Crippen molar-refractivity contribution in [2.75, 3.05) is 24.8 Å². The third kappa shape index (κ3) is 6.37. The molecule has 9 nitrogen and oxygen atoms in total. The van der Waals surface area contributed by atoms with Crippen LogP contribution in [0, 0.1) is 0 Å². The molecule has 0 bridgehead atoms. The normalized spacial score (nSPS) is 18.4. The average Bonchev–Trinajstić information content (AvgIpc) is 2.79. The standard InChI is InChI=1S/C21H26F3N5O4/c1-25-17-9-18(27-11-26-17)33-15-5-3-14(4-6-15)28-20(31)29-16-8-13(21(22,23)24)7-12(10-30)19(16)32-2/h7-9,11,14-15,30H,3-6,10H2,1-2H3,(H,25,26,27)(H2,28,29,31). The van der Waals surface area contributed by atoms with Gasteiger partial charge in [-0.05, 0) is 37.8 Å². The van der Waals surface area contributed by atoms with Crippen LogP contribution in [0.1, 0.15) is 36.8 Å². The molecular formula is C21H26F3N5O4. The lowest BCUT2D eigenvalue weighted by atomic mass is 9.93. The van der Waals surface area contributed by atoms with Crippen LogP contribution < -0.4 is 25.4 Å². The minimum atomic E-state index is -4.64. The minimum Gasteiger partial charge on any atom is -0.494 e. The van der Waals surface area contributed by atoms with Crippen molar-refractivity contribution in [3.8, 4) is 11.6 Å². The van der Waals surface area contributed by atoms with E-state index < -0.39 is 24.4 Å². The van der Waals surface area contributed by atoms with Crippen LogP contribution in [-0.2, 0) is 12.8 Å². The number of ether oxygens (including phenoxy) is 2. The zero-order valence-electron chi connectivity index (χ0n) is 18.2. The van der Waals surface area contributed by atoms with Gasteiger partial charge in [-0.25, -0.2) is 14.8 Å². The zero-order valence-corrected chi connectivity index (χ0v) is 18.2. The van der Waals surface area contributed by atoms with Gasteiger partial charge in [0.2, 0.25) is 5.88 Å². The smallest absolute Gasteiger partial charge is 0.416 e. The summed E-state index contributed by atoms with van der Waals surface area (Å²) in [5, 5.41) is 17.5. The van der Waals surface area contributed by atoms with Gasteiger partial charge in [0.05, 0.1) is 25.0 Å². The summed E-state index contributed by atoms with van der Waals surface area (Å²) in [6.45, 7) is -0.671. The Balaban J connectivity index is 1.58. The summed E-state index contributed by atoms with van der Waals surface area (Å²) in [5.74, 6) is 1.07. The van der Waals surface area contributed by atoms with E-state index in [0.29, 0.717) is 37.4 Å². The van der Waals surface area contributed by atoms with Gasteiger partial charge >= 0.3 is 12.2 Å². The lowest BCUT2D eigenvalue weighted by molar-refractivity contribution is -0.137. The number of carbonyl (C=O) groups is 1. The molecule has 0 spiro atoms. The molecule has 2 aromatic rings. The predicted molar refractivity (Wildman–Crippen MR) is 114 cm³/mol. The van der Waals surface area contributed by atoms with Crippen LogP contribution in [0.3, 0.4) is 0 Å². The number of urea groups is 1. The van der Waals surface area contributed by atoms with E-state index in [1.807, 2.05) is 0 Å². The second-order valence-electron chi connectivity index (χ2n) is 7.55. The van der Waals surface area contributed by atoms with E-state index in [1.54, 1.807) is 13.1 Å². The highest BCUT2D eigenvalue weighted by Crippen LogP contribution is 2.38. The number of aliphatic hydroxyl groups excluding tert-OH is 1. The van der Waals surface area contributed by atoms with Crippen molar-refractivity contribution in [3.63, 3.8) is 0 Å². The highest BCUT2D eigenvalue weighted by Gasteiger charge is 2.33. The molecule has 2 amide bonds. The van der Waals surface area contributed by atoms with Gasteiger partial charge in [-0.3, -0.25) is 0 Å². The van der Waals surface area contributed by atoms with Gasteiger partial charge in [0.15, 0.2) is 0 Å². The van der Waals surface area contributed by atoms with E-state index in [9.17, 15) is 23.1 Å². The first kappa shape index (κ1) is 24.4. The summed E-state index contributed by atoms with van der Waals surface area (Å²) in [4.78, 5) is 20.6. The Morgan fingerprint density at radius 2 is 1.91 bits per heavy atom. The molecule has 180 valence electrons. The van der Waals surface area contributed by atoms with E-state index in [4.69, 9.17) is 9.47 Å². The van der Waals surface area contributed by atoms with Crippen LogP contribution in [0.15, 0.2) is 24.5 Å². The van der Waals surface area contributed by atoms with E-state index in [-0.39, 0.29) is 29.1 Å². The number of nitrogens with zero attached hydrogens (tertiary/aromatic N) is 2. The van der Waals surface area contributed by atoms with Gasteiger partial charge in [0.25, 0.3) is 0 Å². The molecule has 33 heavy (non-hydrogen) atoms. The van der Waals surface area contributed by atoms with Crippen LogP contribution in [-0.4, -0.2) is 47.4 Å². The monoisotopic (exact) mass is 469 g/mol. The Labute approximate surface area is 188 Å². The van der Waals surface area contributed by atoms with Crippen molar-refractivity contribution in [2.24, 2.45) is 0 Å². The first-order chi connectivity index (χ1) is 15.7. The molecule has 0 radical (unpaired) electrons. The second kappa shape index (κ2) is 10.6. The number of anilines is 2. The lowest BCUT2D eigenvalue weighted by Gasteiger charge is -2.29. The van der Waals surface area contributed by atoms with E-state index >= 15 is 0 Å². The molecule has 1 aliphatic rings. The van der Waals surface area contributed by atoms with Gasteiger partial charge in [-0.2, -0.15) is 13.2 Å². The molecule has 1 saturated carbocycles. The maximum absolute atomic E-state index is 13.2. The molecule has 3 rings (SSSR count). The van der Waals surface area contributed by atoms with Crippen molar-refractivity contribution < 1.29 is 32.5 Å². The van der Waals surface area contributed by atoms with Crippen molar-refractivity contribution >= 4 is 17.5 Å². The largest absolute Gasteiger partial charge is 0.494 e. The van der Waals surface area contributed by atoms with Crippen molar-refractivity contribution in [1.29, 1.82) is 0 Å². The average molecular weight is 469 g/mol. The number of rotatable bonds is 7. The number of nitrogens with one attached hydrogen (secondary N) is 3. The number of aromatic nitrogens is 2. The van der Waals surface area contributed by atoms with E-state index in [0.717, 1.165) is 12.1 Å². The molecule has 1 aromatic carbocycles. The highest BCUT2D eigenvalue weighted by atomic mass is 19.4. The number of methoxy groups -OCH3 is 1. The summed E-state index contributed by atoms with van der Waals surface area (Å²) in [6.07, 6.45) is -0.701. The Kier molecular flexibility index (Phi) is 7.79. The maximum Gasteiger partial charge on any atom is 0.416 e. The first-order valence-electron chi connectivity index (χ1n) is 10.4. The quantitative estimate of drug-likeness (QED) is 0.490. The summed E-state index contributed by atoms with van der Waals surface area (Å²) in [6, 6.07) is 2.44. The van der Waals surface area contributed by atoms with E-state index in [1.165, 1.54) is 13.4 Å². The van der Waals surface area contributed by atoms with Crippen molar-refractivity contribution in [3.05, 3.63) is 35.7 Å². The van der Waals surface area contributed by atoms with E-state index in [2.05, 4.69) is 25.9 Å². The molecule has 4 N–H and O–H groups in total. The number of halogens is 3. The van der Waals surface area contributed by atoms with Gasteiger partial charge < -0.3 is 30.5 Å². The molecule has 0 saturated heterocycles. The topological polar surface area (TPSA) is 118 Å². The van der Waals surface area contributed by atoms with Crippen LogP contribution in [0.25, 0.3) is 0 Å². The molecule has 1 fully saturated rings. The van der Waals surface area contributed by atoms with Gasteiger partial charge in [-0.15, -0.1) is 0 Å². The number of carbonyl (C=O) groups excluding carboxylic acids is 1. The number of hydrogen-bond acceptors (Lipinski definition) is 7. The third-order valence-electron chi connectivity index (χ3n) is 5.31. The van der Waals surface area contributed by atoms with Crippen LogP contribution in [0.2, 0.25) is 0 Å². The Bertz CT molecular complexity index is 965. The third-order valence-corrected chi connectivity index (χ3v) is 5.31. The number of amides is 2. The summed E-state index contributed by atoms with van der Waals surface area (Å²) in [7, 11) is 3.00. The Morgan fingerprint density at radius 1 is 1.18 bits per heavy atom. The molecule has 0 unspecified atom stereocenters. The van der Waals surface area contributed by atoms with Gasteiger partial charge in [-0.1, -0.05) is 0 Å². The summed E-state index contributed by atoms with van der Waals surface area (Å²) < 4.78 is 50.6. The zero-order chi connectivity index (χ0) is 24.0. The number of benzene rings is 1. The summed E-state index contributed by atoms with van der Waals surface area (Å²) in [5.41, 5.74) is -1.24. The maximum atomic E-state index is 13.2. The highest BCUT2D eigenvalue weighted by molar-refractivity contribution is 5.91. The molecule has 1 heterocycles. The Hall–Kier alpha value is -3.28. The van der Waals surface area contributed by atoms with Gasteiger partial charge in [0.1, 0.15) is 24.0 Å². The second-order valence-corrected chi connectivity index (χ2v) is 7.55. The Morgan fingerprint density at radius 3 is 2.52 bits per heavy atom. The SMILES string of the molecule is CNc1cc(OC2CCC(NC(=O)Nc3cc(C(F)(F)F)cc(CO)c3OC)CC2)ncn1. The van der Waals surface area contributed by atoms with Gasteiger partial charge in [0, 0.05) is 24.7 Å². The van der Waals surface area contributed by atoms with Crippen molar-refractivity contribution in [2.45, 2.75) is 50.6 Å². The fourth-order valence-corrected chi connectivity index (χ4v) is 3.68. The fourth-order valence-electron chi connectivity index (χ4n) is 3.68. The minimum absolute atomic E-state index is 0.0245.